The van der Waals surface area contributed by atoms with Crippen LogP contribution in [0, 0.1) is 6.92 Å². The van der Waals surface area contributed by atoms with Crippen molar-refractivity contribution in [1.29, 1.82) is 0 Å². The van der Waals surface area contributed by atoms with Crippen LogP contribution in [-0.2, 0) is 16.1 Å². The van der Waals surface area contributed by atoms with Gasteiger partial charge in [-0.25, -0.2) is 4.98 Å². The van der Waals surface area contributed by atoms with Crippen molar-refractivity contribution in [2.75, 3.05) is 6.61 Å². The second kappa shape index (κ2) is 4.44. The summed E-state index contributed by atoms with van der Waals surface area (Å²) in [6.45, 7) is 2.82. The molecule has 1 aromatic heterocycles. The SMILES string of the molecule is Cc1cnc(CNC(=O)[C@H]2CCCO2)o1. The van der Waals surface area contributed by atoms with Crippen LogP contribution in [0.2, 0.25) is 0 Å². The fourth-order valence-electron chi connectivity index (χ4n) is 1.54. The molecule has 1 aliphatic rings. The fourth-order valence-corrected chi connectivity index (χ4v) is 1.54. The summed E-state index contributed by atoms with van der Waals surface area (Å²) in [4.78, 5) is 15.5. The lowest BCUT2D eigenvalue weighted by Crippen LogP contribution is -2.33. The van der Waals surface area contributed by atoms with Gasteiger partial charge in [-0.1, -0.05) is 0 Å². The predicted molar refractivity (Wildman–Crippen MR) is 52.1 cm³/mol. The third-order valence-electron chi connectivity index (χ3n) is 2.31. The molecule has 1 atom stereocenters. The standard InChI is InChI=1S/C10H14N2O3/c1-7-5-11-9(15-7)6-12-10(13)8-3-2-4-14-8/h5,8H,2-4,6H2,1H3,(H,12,13)/t8-/m1/s1. The molecule has 1 N–H and O–H groups in total. The van der Waals surface area contributed by atoms with Crippen molar-refractivity contribution >= 4 is 5.91 Å². The predicted octanol–water partition coefficient (Wildman–Crippen LogP) is 0.778. The molecule has 0 aliphatic carbocycles. The summed E-state index contributed by atoms with van der Waals surface area (Å²) < 4.78 is 10.5. The van der Waals surface area contributed by atoms with E-state index in [4.69, 9.17) is 9.15 Å². The van der Waals surface area contributed by atoms with Crippen LogP contribution in [0.3, 0.4) is 0 Å². The summed E-state index contributed by atoms with van der Waals surface area (Å²) in [5.74, 6) is 1.19. The van der Waals surface area contributed by atoms with E-state index in [0.29, 0.717) is 19.0 Å². The highest BCUT2D eigenvalue weighted by Crippen LogP contribution is 2.12. The number of carbonyl (C=O) groups excluding carboxylic acids is 1. The quantitative estimate of drug-likeness (QED) is 0.800. The normalized spacial score (nSPS) is 20.5. The Bertz CT molecular complexity index is 342. The van der Waals surface area contributed by atoms with Crippen molar-refractivity contribution in [1.82, 2.24) is 10.3 Å². The molecule has 0 saturated carbocycles. The van der Waals surface area contributed by atoms with Gasteiger partial charge in [-0.05, 0) is 19.8 Å². The number of rotatable bonds is 3. The van der Waals surface area contributed by atoms with E-state index in [9.17, 15) is 4.79 Å². The van der Waals surface area contributed by atoms with E-state index in [-0.39, 0.29) is 12.0 Å². The fraction of sp³-hybridized carbons (Fsp3) is 0.600. The van der Waals surface area contributed by atoms with Crippen LogP contribution < -0.4 is 5.32 Å². The monoisotopic (exact) mass is 210 g/mol. The molecule has 5 nitrogen and oxygen atoms in total. The van der Waals surface area contributed by atoms with E-state index in [0.717, 1.165) is 18.6 Å². The maximum absolute atomic E-state index is 11.5. The summed E-state index contributed by atoms with van der Waals surface area (Å²) in [6.07, 6.45) is 3.10. The van der Waals surface area contributed by atoms with E-state index in [1.165, 1.54) is 0 Å². The molecule has 1 fully saturated rings. The molecule has 0 radical (unpaired) electrons. The average Bonchev–Trinajstić information content (AvgIpc) is 2.84. The highest BCUT2D eigenvalue weighted by molar-refractivity contribution is 5.80. The Balaban J connectivity index is 1.80. The second-order valence-corrected chi connectivity index (χ2v) is 3.58. The molecule has 0 spiro atoms. The van der Waals surface area contributed by atoms with Crippen molar-refractivity contribution in [3.05, 3.63) is 17.8 Å². The van der Waals surface area contributed by atoms with Crippen molar-refractivity contribution in [2.24, 2.45) is 0 Å². The molecule has 0 unspecified atom stereocenters. The first kappa shape index (κ1) is 10.2. The summed E-state index contributed by atoms with van der Waals surface area (Å²) in [5, 5.41) is 2.73. The number of oxazole rings is 1. The molecule has 0 bridgehead atoms. The minimum atomic E-state index is -0.291. The lowest BCUT2D eigenvalue weighted by Gasteiger charge is -2.08. The van der Waals surface area contributed by atoms with E-state index in [1.807, 2.05) is 6.92 Å². The van der Waals surface area contributed by atoms with Gasteiger partial charge in [0.25, 0.3) is 0 Å². The van der Waals surface area contributed by atoms with Crippen LogP contribution in [0.25, 0.3) is 0 Å². The minimum absolute atomic E-state index is 0.0802. The van der Waals surface area contributed by atoms with Gasteiger partial charge in [0, 0.05) is 6.61 Å². The summed E-state index contributed by atoms with van der Waals surface area (Å²) in [5.41, 5.74) is 0. The smallest absolute Gasteiger partial charge is 0.249 e. The van der Waals surface area contributed by atoms with Crippen LogP contribution in [0.1, 0.15) is 24.5 Å². The number of amides is 1. The molecule has 82 valence electrons. The number of hydrogen-bond donors (Lipinski definition) is 1. The van der Waals surface area contributed by atoms with Crippen molar-refractivity contribution in [3.63, 3.8) is 0 Å². The zero-order valence-electron chi connectivity index (χ0n) is 8.66. The average molecular weight is 210 g/mol. The third-order valence-corrected chi connectivity index (χ3v) is 2.31. The summed E-state index contributed by atoms with van der Waals surface area (Å²) >= 11 is 0. The highest BCUT2D eigenvalue weighted by atomic mass is 16.5. The summed E-state index contributed by atoms with van der Waals surface area (Å²) in [7, 11) is 0. The summed E-state index contributed by atoms with van der Waals surface area (Å²) in [6, 6.07) is 0. The Kier molecular flexibility index (Phi) is 3.01. The first-order valence-corrected chi connectivity index (χ1v) is 5.06. The number of ether oxygens (including phenoxy) is 1. The maximum Gasteiger partial charge on any atom is 0.249 e. The molecular formula is C10H14N2O3. The minimum Gasteiger partial charge on any atom is -0.444 e. The Labute approximate surface area is 87.8 Å². The first-order chi connectivity index (χ1) is 7.25. The van der Waals surface area contributed by atoms with E-state index in [2.05, 4.69) is 10.3 Å². The molecule has 2 heterocycles. The Morgan fingerprint density at radius 2 is 2.60 bits per heavy atom. The Morgan fingerprint density at radius 3 is 3.20 bits per heavy atom. The molecule has 0 aromatic carbocycles. The van der Waals surface area contributed by atoms with E-state index >= 15 is 0 Å². The van der Waals surface area contributed by atoms with Gasteiger partial charge in [0.05, 0.1) is 12.7 Å². The number of aromatic nitrogens is 1. The van der Waals surface area contributed by atoms with Crippen LogP contribution in [0.15, 0.2) is 10.6 Å². The van der Waals surface area contributed by atoms with E-state index < -0.39 is 0 Å². The van der Waals surface area contributed by atoms with Gasteiger partial charge in [0.1, 0.15) is 11.9 Å². The zero-order valence-corrected chi connectivity index (χ0v) is 8.66. The number of nitrogens with zero attached hydrogens (tertiary/aromatic N) is 1. The molecule has 1 aromatic rings. The zero-order chi connectivity index (χ0) is 10.7. The van der Waals surface area contributed by atoms with Crippen molar-refractivity contribution < 1.29 is 13.9 Å². The highest BCUT2D eigenvalue weighted by Gasteiger charge is 2.23. The molecule has 1 amide bonds. The van der Waals surface area contributed by atoms with Gasteiger partial charge in [-0.3, -0.25) is 4.79 Å². The molecule has 5 heteroatoms. The first-order valence-electron chi connectivity index (χ1n) is 5.06. The van der Waals surface area contributed by atoms with Gasteiger partial charge in [0.15, 0.2) is 0 Å². The molecule has 2 rings (SSSR count). The van der Waals surface area contributed by atoms with Gasteiger partial charge in [-0.2, -0.15) is 0 Å². The van der Waals surface area contributed by atoms with Crippen LogP contribution >= 0.6 is 0 Å². The number of nitrogens with one attached hydrogen (secondary N) is 1. The van der Waals surface area contributed by atoms with Crippen LogP contribution in [0.5, 0.6) is 0 Å². The maximum atomic E-state index is 11.5. The van der Waals surface area contributed by atoms with Gasteiger partial charge in [0.2, 0.25) is 11.8 Å². The second-order valence-electron chi connectivity index (χ2n) is 3.58. The van der Waals surface area contributed by atoms with Gasteiger partial charge < -0.3 is 14.5 Å². The number of hydrogen-bond acceptors (Lipinski definition) is 4. The number of aryl methyl sites for hydroxylation is 1. The van der Waals surface area contributed by atoms with Crippen molar-refractivity contribution in [3.8, 4) is 0 Å². The molecule has 1 saturated heterocycles. The van der Waals surface area contributed by atoms with Crippen molar-refractivity contribution in [2.45, 2.75) is 32.4 Å². The lowest BCUT2D eigenvalue weighted by atomic mass is 10.2. The molecular weight excluding hydrogens is 196 g/mol. The topological polar surface area (TPSA) is 64.4 Å². The van der Waals surface area contributed by atoms with E-state index in [1.54, 1.807) is 6.20 Å². The van der Waals surface area contributed by atoms with Gasteiger partial charge in [-0.15, -0.1) is 0 Å². The molecule has 15 heavy (non-hydrogen) atoms. The Morgan fingerprint density at radius 1 is 1.73 bits per heavy atom. The van der Waals surface area contributed by atoms with Crippen LogP contribution in [0.4, 0.5) is 0 Å². The number of carbonyl (C=O) groups is 1. The largest absolute Gasteiger partial charge is 0.444 e. The Hall–Kier alpha value is -1.36. The van der Waals surface area contributed by atoms with Crippen LogP contribution in [-0.4, -0.2) is 23.6 Å². The molecule has 1 aliphatic heterocycles. The third kappa shape index (κ3) is 2.56. The lowest BCUT2D eigenvalue weighted by molar-refractivity contribution is -0.130. The van der Waals surface area contributed by atoms with Gasteiger partial charge >= 0.3 is 0 Å².